The van der Waals surface area contributed by atoms with Crippen LogP contribution in [0.3, 0.4) is 0 Å². The van der Waals surface area contributed by atoms with Gasteiger partial charge in [0, 0.05) is 18.8 Å². The molecule has 2 aromatic rings. The molecule has 1 atom stereocenters. The van der Waals surface area contributed by atoms with Crippen LogP contribution in [-0.2, 0) is 28.5 Å². The molecule has 61 heavy (non-hydrogen) atoms. The Morgan fingerprint density at radius 2 is 0.869 bits per heavy atom. The zero-order valence-corrected chi connectivity index (χ0v) is 38.4. The minimum absolute atomic E-state index is 0.0996. The zero-order chi connectivity index (χ0) is 43.4. The third-order valence-corrected chi connectivity index (χ3v) is 11.7. The van der Waals surface area contributed by atoms with Crippen LogP contribution in [0.5, 0.6) is 0 Å². The van der Waals surface area contributed by atoms with Crippen molar-refractivity contribution in [3.63, 3.8) is 0 Å². The summed E-state index contributed by atoms with van der Waals surface area (Å²) < 4.78 is 22.3. The van der Waals surface area contributed by atoms with E-state index < -0.39 is 12.3 Å². The van der Waals surface area contributed by atoms with E-state index in [4.69, 9.17) is 18.9 Å². The minimum Gasteiger partial charge on any atom is -0.462 e. The Morgan fingerprint density at radius 1 is 0.475 bits per heavy atom. The van der Waals surface area contributed by atoms with Gasteiger partial charge in [-0.05, 0) is 86.5 Å². The van der Waals surface area contributed by atoms with Crippen LogP contribution in [0.4, 0.5) is 4.79 Å². The van der Waals surface area contributed by atoms with Crippen LogP contribution >= 0.6 is 0 Å². The first-order chi connectivity index (χ1) is 30.0. The first-order valence-corrected chi connectivity index (χ1v) is 24.7. The summed E-state index contributed by atoms with van der Waals surface area (Å²) in [5.41, 5.74) is 4.50. The maximum Gasteiger partial charge on any atom is 0.508 e. The number of hydrogen-bond donors (Lipinski definition) is 0. The molecule has 0 saturated carbocycles. The van der Waals surface area contributed by atoms with Gasteiger partial charge in [-0.1, -0.05) is 189 Å². The molecule has 0 amide bonds. The van der Waals surface area contributed by atoms with Gasteiger partial charge in [0.05, 0.1) is 0 Å². The molecule has 0 spiro atoms. The number of unbranched alkanes of at least 4 members (excludes halogenated alkanes) is 22. The molecule has 0 saturated heterocycles. The lowest BCUT2D eigenvalue weighted by molar-refractivity contribution is -0.162. The molecular weight excluding hydrogens is 761 g/mol. The Balaban J connectivity index is 1.33. The van der Waals surface area contributed by atoms with Gasteiger partial charge in [0.1, 0.15) is 19.8 Å². The van der Waals surface area contributed by atoms with Crippen molar-refractivity contribution in [1.29, 1.82) is 0 Å². The number of rotatable bonds is 37. The fourth-order valence-electron chi connectivity index (χ4n) is 8.09. The van der Waals surface area contributed by atoms with Crippen molar-refractivity contribution in [3.05, 3.63) is 84.0 Å². The SMILES string of the molecule is CCCCCCCC/C=C\CCCCCCCC(=O)OCC(COC(=O)OCC1c2ccccc2-c2ccccc21)OC(=O)CCCCCCC/C=C\CCCCCCCC. The fourth-order valence-corrected chi connectivity index (χ4v) is 8.09. The highest BCUT2D eigenvalue weighted by molar-refractivity contribution is 5.79. The van der Waals surface area contributed by atoms with E-state index in [-0.39, 0.29) is 44.1 Å². The van der Waals surface area contributed by atoms with Crippen molar-refractivity contribution in [1.82, 2.24) is 0 Å². The molecule has 0 heterocycles. The van der Waals surface area contributed by atoms with Gasteiger partial charge in [0.25, 0.3) is 0 Å². The van der Waals surface area contributed by atoms with E-state index in [0.29, 0.717) is 6.42 Å². The van der Waals surface area contributed by atoms with E-state index in [2.05, 4.69) is 62.4 Å². The summed E-state index contributed by atoms with van der Waals surface area (Å²) >= 11 is 0. The van der Waals surface area contributed by atoms with Crippen LogP contribution in [0.2, 0.25) is 0 Å². The van der Waals surface area contributed by atoms with Gasteiger partial charge in [0.15, 0.2) is 6.10 Å². The summed E-state index contributed by atoms with van der Waals surface area (Å²) in [6.45, 7) is 4.21. The Kier molecular flexibility index (Phi) is 29.3. The highest BCUT2D eigenvalue weighted by Crippen LogP contribution is 2.44. The lowest BCUT2D eigenvalue weighted by Crippen LogP contribution is -2.31. The standard InChI is InChI=1S/C54H82O7/c1-3-5-7-9-11-13-15-17-19-21-23-25-27-29-31-41-52(55)58-43-46(61-53(56)42-32-30-28-26-24-22-20-18-16-14-12-10-8-6-4-2)44-59-54(57)60-45-51-49-39-35-33-37-47(49)48-38-34-36-40-50(48)51/h17-20,33-40,46,51H,3-16,21-32,41-45H2,1-2H3/b19-17-,20-18-. The molecular formula is C54H82O7. The van der Waals surface area contributed by atoms with Crippen LogP contribution in [0.25, 0.3) is 11.1 Å². The first kappa shape index (κ1) is 51.5. The molecule has 340 valence electrons. The maximum absolute atomic E-state index is 12.9. The number of ether oxygens (including phenoxy) is 4. The topological polar surface area (TPSA) is 88.1 Å². The number of esters is 2. The lowest BCUT2D eigenvalue weighted by atomic mass is 9.98. The van der Waals surface area contributed by atoms with E-state index in [0.717, 1.165) is 92.9 Å². The largest absolute Gasteiger partial charge is 0.508 e. The summed E-state index contributed by atoms with van der Waals surface area (Å²) in [4.78, 5) is 38.4. The smallest absolute Gasteiger partial charge is 0.462 e. The molecule has 0 N–H and O–H groups in total. The highest BCUT2D eigenvalue weighted by atomic mass is 16.7. The predicted molar refractivity (Wildman–Crippen MR) is 251 cm³/mol. The summed E-state index contributed by atoms with van der Waals surface area (Å²) in [7, 11) is 0. The molecule has 1 aliphatic rings. The molecule has 0 fully saturated rings. The van der Waals surface area contributed by atoms with Crippen molar-refractivity contribution in [3.8, 4) is 11.1 Å². The van der Waals surface area contributed by atoms with Gasteiger partial charge in [-0.15, -0.1) is 0 Å². The first-order valence-electron chi connectivity index (χ1n) is 24.7. The summed E-state index contributed by atoms with van der Waals surface area (Å²) in [5, 5.41) is 0. The summed E-state index contributed by atoms with van der Waals surface area (Å²) in [5.74, 6) is -0.818. The van der Waals surface area contributed by atoms with Crippen molar-refractivity contribution in [2.24, 2.45) is 0 Å². The molecule has 0 aromatic heterocycles. The van der Waals surface area contributed by atoms with Crippen molar-refractivity contribution < 1.29 is 33.3 Å². The molecule has 1 aliphatic carbocycles. The second-order valence-electron chi connectivity index (χ2n) is 17.1. The van der Waals surface area contributed by atoms with Gasteiger partial charge in [0.2, 0.25) is 0 Å². The van der Waals surface area contributed by atoms with Gasteiger partial charge in [-0.25, -0.2) is 4.79 Å². The number of benzene rings is 2. The van der Waals surface area contributed by atoms with E-state index in [1.54, 1.807) is 0 Å². The van der Waals surface area contributed by atoms with Crippen LogP contribution in [0.15, 0.2) is 72.8 Å². The molecule has 1 unspecified atom stereocenters. The third-order valence-electron chi connectivity index (χ3n) is 11.7. The molecule has 0 radical (unpaired) electrons. The Bertz CT molecular complexity index is 1470. The van der Waals surface area contributed by atoms with Gasteiger partial charge >= 0.3 is 18.1 Å². The quantitative estimate of drug-likeness (QED) is 0.0290. The molecule has 0 bridgehead atoms. The summed E-state index contributed by atoms with van der Waals surface area (Å²) in [6.07, 6.45) is 38.9. The Morgan fingerprint density at radius 3 is 1.34 bits per heavy atom. The fraction of sp³-hybridized carbons (Fsp3) is 0.648. The Labute approximate surface area is 370 Å². The maximum atomic E-state index is 12.9. The van der Waals surface area contributed by atoms with E-state index >= 15 is 0 Å². The zero-order valence-electron chi connectivity index (χ0n) is 38.4. The van der Waals surface area contributed by atoms with Crippen molar-refractivity contribution in [2.45, 2.75) is 206 Å². The normalized spacial score (nSPS) is 12.8. The average Bonchev–Trinajstić information content (AvgIpc) is 3.59. The monoisotopic (exact) mass is 843 g/mol. The van der Waals surface area contributed by atoms with Crippen LogP contribution < -0.4 is 0 Å². The second kappa shape index (κ2) is 34.7. The number of carbonyl (C=O) groups excluding carboxylic acids is 3. The minimum atomic E-state index is -0.908. The van der Waals surface area contributed by atoms with Crippen molar-refractivity contribution in [2.75, 3.05) is 19.8 Å². The van der Waals surface area contributed by atoms with Crippen molar-refractivity contribution >= 4 is 18.1 Å². The number of hydrogen-bond acceptors (Lipinski definition) is 7. The molecule has 2 aromatic carbocycles. The Hall–Kier alpha value is -3.87. The molecule has 7 nitrogen and oxygen atoms in total. The average molecular weight is 843 g/mol. The van der Waals surface area contributed by atoms with Gasteiger partial charge < -0.3 is 18.9 Å². The highest BCUT2D eigenvalue weighted by Gasteiger charge is 2.29. The third kappa shape index (κ3) is 23.8. The van der Waals surface area contributed by atoms with Gasteiger partial charge in [-0.3, -0.25) is 9.59 Å². The lowest BCUT2D eigenvalue weighted by Gasteiger charge is -2.19. The van der Waals surface area contributed by atoms with E-state index in [1.165, 1.54) is 96.3 Å². The van der Waals surface area contributed by atoms with E-state index in [9.17, 15) is 14.4 Å². The van der Waals surface area contributed by atoms with Gasteiger partial charge in [-0.2, -0.15) is 0 Å². The molecule has 0 aliphatic heterocycles. The van der Waals surface area contributed by atoms with Crippen LogP contribution in [0.1, 0.15) is 211 Å². The van der Waals surface area contributed by atoms with Crippen LogP contribution in [-0.4, -0.2) is 44.0 Å². The van der Waals surface area contributed by atoms with E-state index in [1.807, 2.05) is 24.3 Å². The number of allylic oxidation sites excluding steroid dienone is 4. The number of fused-ring (bicyclic) bond motifs is 3. The predicted octanol–water partition coefficient (Wildman–Crippen LogP) is 15.5. The number of carbonyl (C=O) groups is 3. The molecule has 7 heteroatoms. The second-order valence-corrected chi connectivity index (χ2v) is 17.1. The van der Waals surface area contributed by atoms with Crippen LogP contribution in [0, 0.1) is 0 Å². The summed E-state index contributed by atoms with van der Waals surface area (Å²) in [6, 6.07) is 16.3. The molecule has 3 rings (SSSR count).